The lowest BCUT2D eigenvalue weighted by Gasteiger charge is -2.42. The van der Waals surface area contributed by atoms with E-state index in [1.54, 1.807) is 0 Å². The Balaban J connectivity index is 1.74. The molecule has 1 heterocycles. The summed E-state index contributed by atoms with van der Waals surface area (Å²) in [7, 11) is 2.21. The molecule has 4 nitrogen and oxygen atoms in total. The Morgan fingerprint density at radius 2 is 1.76 bits per heavy atom. The van der Waals surface area contributed by atoms with Gasteiger partial charge in [-0.2, -0.15) is 0 Å². The summed E-state index contributed by atoms with van der Waals surface area (Å²) in [6, 6.07) is 9.51. The summed E-state index contributed by atoms with van der Waals surface area (Å²) in [5.41, 5.74) is 6.82. The van der Waals surface area contributed by atoms with Crippen molar-refractivity contribution in [2.45, 2.75) is 32.4 Å². The molecule has 2 N–H and O–H groups in total. The molecule has 4 heteroatoms. The Hall–Kier alpha value is -1.10. The average Bonchev–Trinajstić information content (AvgIpc) is 2.47. The number of hydrogen-bond acceptors (Lipinski definition) is 4. The van der Waals surface area contributed by atoms with Crippen LogP contribution in [0.4, 0.5) is 0 Å². The van der Waals surface area contributed by atoms with Crippen LogP contribution >= 0.6 is 0 Å². The molecule has 0 spiro atoms. The molecule has 1 aliphatic rings. The Bertz CT molecular complexity index is 409. The zero-order chi connectivity index (χ0) is 15.2. The molecule has 2 unspecified atom stereocenters. The highest BCUT2D eigenvalue weighted by molar-refractivity contribution is 5.27. The lowest BCUT2D eigenvalue weighted by molar-refractivity contribution is 0.0522. The van der Waals surface area contributed by atoms with E-state index < -0.39 is 0 Å². The summed E-state index contributed by atoms with van der Waals surface area (Å²) < 4.78 is 5.85. The van der Waals surface area contributed by atoms with Crippen LogP contribution < -0.4 is 10.5 Å². The molecule has 1 fully saturated rings. The summed E-state index contributed by atoms with van der Waals surface area (Å²) >= 11 is 0. The summed E-state index contributed by atoms with van der Waals surface area (Å²) in [6.07, 6.45) is 0.928. The Morgan fingerprint density at radius 3 is 2.33 bits per heavy atom. The van der Waals surface area contributed by atoms with Gasteiger partial charge in [-0.3, -0.25) is 9.80 Å². The van der Waals surface area contributed by atoms with Crippen molar-refractivity contribution in [1.29, 1.82) is 0 Å². The average molecular weight is 291 g/mol. The first-order chi connectivity index (χ1) is 10.1. The van der Waals surface area contributed by atoms with Gasteiger partial charge in [0, 0.05) is 31.7 Å². The van der Waals surface area contributed by atoms with Gasteiger partial charge in [0.25, 0.3) is 0 Å². The fraction of sp³-hybridized carbons (Fsp3) is 0.647. The Labute approximate surface area is 128 Å². The second-order valence-electron chi connectivity index (χ2n) is 6.15. The van der Waals surface area contributed by atoms with Crippen LogP contribution in [0.3, 0.4) is 0 Å². The van der Waals surface area contributed by atoms with E-state index in [9.17, 15) is 0 Å². The van der Waals surface area contributed by atoms with Gasteiger partial charge in [0.15, 0.2) is 0 Å². The van der Waals surface area contributed by atoms with E-state index in [-0.39, 0.29) is 0 Å². The molecule has 21 heavy (non-hydrogen) atoms. The van der Waals surface area contributed by atoms with Crippen molar-refractivity contribution in [3.63, 3.8) is 0 Å². The number of hydrogen-bond donors (Lipinski definition) is 1. The third kappa shape index (κ3) is 4.70. The standard InChI is InChI=1S/C17H29N3O/c1-14-12-20(13-15(2)19(14)3)10-11-21-17-6-4-16(5-7-17)8-9-18/h4-7,14-15H,8-13,18H2,1-3H3. The number of likely N-dealkylation sites (N-methyl/N-ethyl adjacent to an activating group) is 1. The molecule has 118 valence electrons. The second-order valence-corrected chi connectivity index (χ2v) is 6.15. The number of nitrogens with two attached hydrogens (primary N) is 1. The minimum atomic E-state index is 0.615. The first-order valence-corrected chi connectivity index (χ1v) is 7.96. The molecule has 0 saturated carbocycles. The minimum absolute atomic E-state index is 0.615. The van der Waals surface area contributed by atoms with E-state index >= 15 is 0 Å². The molecule has 2 rings (SSSR count). The highest BCUT2D eigenvalue weighted by atomic mass is 16.5. The topological polar surface area (TPSA) is 41.7 Å². The van der Waals surface area contributed by atoms with Crippen LogP contribution in [0.5, 0.6) is 5.75 Å². The number of benzene rings is 1. The maximum absolute atomic E-state index is 5.85. The first-order valence-electron chi connectivity index (χ1n) is 7.96. The predicted octanol–water partition coefficient (Wildman–Crippen LogP) is 1.59. The zero-order valence-electron chi connectivity index (χ0n) is 13.6. The van der Waals surface area contributed by atoms with Crippen molar-refractivity contribution in [3.8, 4) is 5.75 Å². The van der Waals surface area contributed by atoms with Crippen LogP contribution in [0.15, 0.2) is 24.3 Å². The smallest absolute Gasteiger partial charge is 0.119 e. The molecule has 2 atom stereocenters. The minimum Gasteiger partial charge on any atom is -0.492 e. The summed E-state index contributed by atoms with van der Waals surface area (Å²) in [5.74, 6) is 0.950. The van der Waals surface area contributed by atoms with Gasteiger partial charge in [-0.15, -0.1) is 0 Å². The van der Waals surface area contributed by atoms with Crippen LogP contribution in [0, 0.1) is 0 Å². The largest absolute Gasteiger partial charge is 0.492 e. The number of rotatable bonds is 6. The molecule has 1 aromatic rings. The van der Waals surface area contributed by atoms with Crippen molar-refractivity contribution in [2.75, 3.05) is 39.8 Å². The molecular weight excluding hydrogens is 262 g/mol. The molecule has 1 saturated heterocycles. The van der Waals surface area contributed by atoms with Gasteiger partial charge in [0.1, 0.15) is 12.4 Å². The highest BCUT2D eigenvalue weighted by Gasteiger charge is 2.25. The van der Waals surface area contributed by atoms with E-state index in [1.165, 1.54) is 5.56 Å². The fourth-order valence-electron chi connectivity index (χ4n) is 2.91. The second kappa shape index (κ2) is 7.78. The maximum atomic E-state index is 5.85. The third-order valence-corrected chi connectivity index (χ3v) is 4.47. The van der Waals surface area contributed by atoms with Crippen LogP contribution in [0.2, 0.25) is 0 Å². The molecule has 0 aromatic heterocycles. The van der Waals surface area contributed by atoms with Gasteiger partial charge in [-0.25, -0.2) is 0 Å². The lowest BCUT2D eigenvalue weighted by Crippen LogP contribution is -2.55. The maximum Gasteiger partial charge on any atom is 0.119 e. The molecular formula is C17H29N3O. The Kier molecular flexibility index (Phi) is 6.03. The van der Waals surface area contributed by atoms with Gasteiger partial charge in [0.05, 0.1) is 0 Å². The van der Waals surface area contributed by atoms with Gasteiger partial charge >= 0.3 is 0 Å². The van der Waals surface area contributed by atoms with Gasteiger partial charge in [-0.1, -0.05) is 12.1 Å². The van der Waals surface area contributed by atoms with E-state index in [0.717, 1.165) is 38.4 Å². The van der Waals surface area contributed by atoms with Gasteiger partial charge in [0.2, 0.25) is 0 Å². The molecule has 0 amide bonds. The van der Waals surface area contributed by atoms with Crippen molar-refractivity contribution < 1.29 is 4.74 Å². The molecule has 0 aliphatic carbocycles. The Morgan fingerprint density at radius 1 is 1.14 bits per heavy atom. The lowest BCUT2D eigenvalue weighted by atomic mass is 10.1. The van der Waals surface area contributed by atoms with Crippen molar-refractivity contribution in [2.24, 2.45) is 5.73 Å². The summed E-state index contributed by atoms with van der Waals surface area (Å²) in [4.78, 5) is 4.95. The van der Waals surface area contributed by atoms with Crippen LogP contribution in [-0.4, -0.2) is 61.7 Å². The number of piperazine rings is 1. The number of ether oxygens (including phenoxy) is 1. The summed E-state index contributed by atoms with van der Waals surface area (Å²) in [5, 5.41) is 0. The van der Waals surface area contributed by atoms with Crippen molar-refractivity contribution in [3.05, 3.63) is 29.8 Å². The van der Waals surface area contributed by atoms with E-state index in [0.29, 0.717) is 18.6 Å². The number of nitrogens with zero attached hydrogens (tertiary/aromatic N) is 2. The van der Waals surface area contributed by atoms with E-state index in [4.69, 9.17) is 10.5 Å². The normalized spacial score (nSPS) is 24.2. The first kappa shape index (κ1) is 16.3. The van der Waals surface area contributed by atoms with Gasteiger partial charge < -0.3 is 10.5 Å². The predicted molar refractivity (Wildman–Crippen MR) is 87.8 cm³/mol. The molecule has 0 radical (unpaired) electrons. The zero-order valence-corrected chi connectivity index (χ0v) is 13.6. The van der Waals surface area contributed by atoms with Crippen LogP contribution in [0.1, 0.15) is 19.4 Å². The highest BCUT2D eigenvalue weighted by Crippen LogP contribution is 2.14. The molecule has 1 aliphatic heterocycles. The van der Waals surface area contributed by atoms with Crippen LogP contribution in [-0.2, 0) is 6.42 Å². The van der Waals surface area contributed by atoms with Crippen molar-refractivity contribution >= 4 is 0 Å². The van der Waals surface area contributed by atoms with E-state index in [1.807, 2.05) is 12.1 Å². The third-order valence-electron chi connectivity index (χ3n) is 4.47. The SMILES string of the molecule is CC1CN(CCOc2ccc(CCN)cc2)CC(C)N1C. The van der Waals surface area contributed by atoms with E-state index in [2.05, 4.69) is 42.8 Å². The van der Waals surface area contributed by atoms with Gasteiger partial charge in [-0.05, 0) is 51.6 Å². The van der Waals surface area contributed by atoms with Crippen molar-refractivity contribution in [1.82, 2.24) is 9.80 Å². The quantitative estimate of drug-likeness (QED) is 0.864. The monoisotopic (exact) mass is 291 g/mol. The molecule has 1 aromatic carbocycles. The fourth-order valence-corrected chi connectivity index (χ4v) is 2.91. The molecule has 0 bridgehead atoms. The summed E-state index contributed by atoms with van der Waals surface area (Å²) in [6.45, 7) is 9.27. The van der Waals surface area contributed by atoms with Crippen LogP contribution in [0.25, 0.3) is 0 Å².